The number of nitrogens with zero attached hydrogens (tertiary/aromatic N) is 2. The van der Waals surface area contributed by atoms with Crippen LogP contribution in [0.25, 0.3) is 0 Å². The minimum Gasteiger partial charge on any atom is -0.379 e. The molecule has 2 aliphatic rings. The van der Waals surface area contributed by atoms with E-state index in [-0.39, 0.29) is 36.3 Å². The van der Waals surface area contributed by atoms with Crippen molar-refractivity contribution in [1.82, 2.24) is 15.8 Å². The topological polar surface area (TPSA) is 92.3 Å². The fraction of sp³-hybridized carbons (Fsp3) is 0.500. The zero-order valence-electron chi connectivity index (χ0n) is 15.8. The van der Waals surface area contributed by atoms with Crippen LogP contribution in [0.1, 0.15) is 25.3 Å². The molecule has 0 aromatic heterocycles. The summed E-state index contributed by atoms with van der Waals surface area (Å²) in [7, 11) is 3.37. The number of hydrogen-bond acceptors (Lipinski definition) is 6. The molecule has 1 fully saturated rings. The zero-order valence-corrected chi connectivity index (χ0v) is 15.8. The van der Waals surface area contributed by atoms with Crippen LogP contribution in [-0.2, 0) is 19.2 Å². The van der Waals surface area contributed by atoms with Crippen molar-refractivity contribution < 1.29 is 27.9 Å². The molecule has 0 bridgehead atoms. The van der Waals surface area contributed by atoms with Crippen LogP contribution in [0.3, 0.4) is 0 Å². The molecule has 28 heavy (non-hydrogen) atoms. The number of ether oxygens (including phenoxy) is 1. The third-order valence-corrected chi connectivity index (χ3v) is 4.50. The molecule has 1 saturated heterocycles. The Balaban J connectivity index is 1.58. The summed E-state index contributed by atoms with van der Waals surface area (Å²) in [4.78, 5) is 29.9. The highest BCUT2D eigenvalue weighted by Gasteiger charge is 2.44. The van der Waals surface area contributed by atoms with Gasteiger partial charge >= 0.3 is 0 Å². The van der Waals surface area contributed by atoms with Crippen LogP contribution in [0.5, 0.6) is 0 Å². The lowest BCUT2D eigenvalue weighted by Gasteiger charge is -2.22. The van der Waals surface area contributed by atoms with Gasteiger partial charge in [-0.05, 0) is 19.1 Å². The molecule has 10 heteroatoms. The average molecular weight is 396 g/mol. The summed E-state index contributed by atoms with van der Waals surface area (Å²) in [6.07, 6.45) is -0.281. The molecular formula is C18H22F2N4O4. The first-order valence-corrected chi connectivity index (χ1v) is 8.78. The molecule has 2 aliphatic heterocycles. The first-order chi connectivity index (χ1) is 13.2. The predicted octanol–water partition coefficient (Wildman–Crippen LogP) is 0.714. The second kappa shape index (κ2) is 7.80. The molecule has 0 saturated carbocycles. The molecule has 0 spiro atoms. The van der Waals surface area contributed by atoms with Crippen molar-refractivity contribution in [2.24, 2.45) is 5.16 Å². The Kier molecular flexibility index (Phi) is 5.61. The van der Waals surface area contributed by atoms with Gasteiger partial charge in [-0.2, -0.15) is 0 Å². The van der Waals surface area contributed by atoms with Gasteiger partial charge in [-0.25, -0.2) is 13.8 Å². The van der Waals surface area contributed by atoms with Gasteiger partial charge in [0.25, 0.3) is 11.8 Å². The predicted molar refractivity (Wildman–Crippen MR) is 95.1 cm³/mol. The summed E-state index contributed by atoms with van der Waals surface area (Å²) in [6, 6.07) is 2.66. The molecule has 2 amide bonds. The van der Waals surface area contributed by atoms with Gasteiger partial charge in [0.05, 0.1) is 18.4 Å². The van der Waals surface area contributed by atoms with Gasteiger partial charge in [-0.3, -0.25) is 15.0 Å². The van der Waals surface area contributed by atoms with Crippen LogP contribution >= 0.6 is 0 Å². The summed E-state index contributed by atoms with van der Waals surface area (Å²) in [5.41, 5.74) is 1.79. The number of halogens is 2. The van der Waals surface area contributed by atoms with Gasteiger partial charge in [0.1, 0.15) is 17.7 Å². The van der Waals surface area contributed by atoms with Gasteiger partial charge in [-0.15, -0.1) is 0 Å². The van der Waals surface area contributed by atoms with Gasteiger partial charge in [0.15, 0.2) is 0 Å². The van der Waals surface area contributed by atoms with E-state index in [4.69, 9.17) is 9.57 Å². The largest absolute Gasteiger partial charge is 0.379 e. The molecule has 0 unspecified atom stereocenters. The highest BCUT2D eigenvalue weighted by molar-refractivity contribution is 6.05. The lowest BCUT2D eigenvalue weighted by Crippen LogP contribution is -2.49. The van der Waals surface area contributed by atoms with Crippen LogP contribution in [-0.4, -0.2) is 61.0 Å². The molecule has 0 aliphatic carbocycles. The summed E-state index contributed by atoms with van der Waals surface area (Å²) in [5, 5.41) is 8.14. The smallest absolute Gasteiger partial charge is 0.267 e. The van der Waals surface area contributed by atoms with Crippen LogP contribution in [0.4, 0.5) is 8.78 Å². The Hall–Kier alpha value is -2.59. The number of hydrazine groups is 1. The lowest BCUT2D eigenvalue weighted by atomic mass is 9.94. The highest BCUT2D eigenvalue weighted by Crippen LogP contribution is 2.28. The van der Waals surface area contributed by atoms with Crippen molar-refractivity contribution in [2.45, 2.75) is 37.5 Å². The van der Waals surface area contributed by atoms with E-state index in [9.17, 15) is 18.4 Å². The molecule has 0 radical (unpaired) electrons. The highest BCUT2D eigenvalue weighted by atomic mass is 19.1. The maximum atomic E-state index is 13.4. The van der Waals surface area contributed by atoms with E-state index in [0.717, 1.165) is 18.2 Å². The summed E-state index contributed by atoms with van der Waals surface area (Å²) in [5.74, 6) is -2.20. The van der Waals surface area contributed by atoms with Gasteiger partial charge in [0.2, 0.25) is 5.60 Å². The second-order valence-electron chi connectivity index (χ2n) is 7.29. The number of carbonyl (C=O) groups excluding carboxylic acids is 2. The maximum Gasteiger partial charge on any atom is 0.267 e. The number of oxime groups is 1. The molecule has 3 atom stereocenters. The van der Waals surface area contributed by atoms with Crippen LogP contribution in [0, 0.1) is 11.6 Å². The van der Waals surface area contributed by atoms with E-state index in [2.05, 4.69) is 15.9 Å². The SMILES string of the molecule is CN(C)NC(=O)[C@@H]1C[C@H](NC(=O)[C@@]2(C)CC(c3cc(F)cc(F)c3)=NO2)CO1. The van der Waals surface area contributed by atoms with Gasteiger partial charge in [0, 0.05) is 38.6 Å². The van der Waals surface area contributed by atoms with Gasteiger partial charge in [-0.1, -0.05) is 5.16 Å². The van der Waals surface area contributed by atoms with Crippen molar-refractivity contribution in [1.29, 1.82) is 0 Å². The van der Waals surface area contributed by atoms with Crippen LogP contribution in [0.2, 0.25) is 0 Å². The first-order valence-electron chi connectivity index (χ1n) is 8.78. The number of nitrogens with one attached hydrogen (secondary N) is 2. The molecular weight excluding hydrogens is 374 g/mol. The Morgan fingerprint density at radius 3 is 2.57 bits per heavy atom. The van der Waals surface area contributed by atoms with E-state index in [1.807, 2.05) is 0 Å². The standard InChI is InChI=1S/C18H22F2N4O4/c1-18(8-14(23-28-18)10-4-11(19)6-12(20)5-10)17(26)21-13-7-15(27-9-13)16(25)22-24(2)3/h4-6,13,15H,7-9H2,1-3H3,(H,21,26)(H,22,25)/t13-,15-,18+/m0/s1. The number of hydrogen-bond donors (Lipinski definition) is 2. The van der Waals surface area contributed by atoms with E-state index >= 15 is 0 Å². The maximum absolute atomic E-state index is 13.4. The molecule has 1 aromatic carbocycles. The number of amides is 2. The summed E-state index contributed by atoms with van der Waals surface area (Å²) < 4.78 is 32.3. The average Bonchev–Trinajstić information content (AvgIpc) is 3.21. The third kappa shape index (κ3) is 4.45. The van der Waals surface area contributed by atoms with E-state index < -0.39 is 29.2 Å². The second-order valence-corrected chi connectivity index (χ2v) is 7.29. The normalized spacial score (nSPS) is 26.7. The van der Waals surface area contributed by atoms with Crippen molar-refractivity contribution in [3.05, 3.63) is 35.4 Å². The van der Waals surface area contributed by atoms with Crippen LogP contribution in [0.15, 0.2) is 23.4 Å². The van der Waals surface area contributed by atoms with Crippen LogP contribution < -0.4 is 10.7 Å². The Labute approximate surface area is 160 Å². The minimum atomic E-state index is -1.32. The zero-order chi connectivity index (χ0) is 20.5. The van der Waals surface area contributed by atoms with Crippen molar-refractivity contribution >= 4 is 17.5 Å². The minimum absolute atomic E-state index is 0.0554. The molecule has 1 aromatic rings. The molecule has 3 rings (SSSR count). The van der Waals surface area contributed by atoms with E-state index in [0.29, 0.717) is 6.42 Å². The summed E-state index contributed by atoms with van der Waals surface area (Å²) >= 11 is 0. The van der Waals surface area contributed by atoms with Gasteiger partial charge < -0.3 is 14.9 Å². The number of rotatable bonds is 5. The Bertz CT molecular complexity index is 797. The van der Waals surface area contributed by atoms with Crippen molar-refractivity contribution in [3.8, 4) is 0 Å². The Morgan fingerprint density at radius 1 is 1.25 bits per heavy atom. The quantitative estimate of drug-likeness (QED) is 0.716. The fourth-order valence-corrected chi connectivity index (χ4v) is 3.08. The molecule has 2 heterocycles. The third-order valence-electron chi connectivity index (χ3n) is 4.50. The number of carbonyl (C=O) groups is 2. The lowest BCUT2D eigenvalue weighted by molar-refractivity contribution is -0.142. The molecule has 152 valence electrons. The molecule has 2 N–H and O–H groups in total. The molecule has 8 nitrogen and oxygen atoms in total. The van der Waals surface area contributed by atoms with E-state index in [1.165, 1.54) is 5.01 Å². The van der Waals surface area contributed by atoms with Crippen molar-refractivity contribution in [2.75, 3.05) is 20.7 Å². The van der Waals surface area contributed by atoms with Crippen molar-refractivity contribution in [3.63, 3.8) is 0 Å². The Morgan fingerprint density at radius 2 is 1.93 bits per heavy atom. The number of benzene rings is 1. The summed E-state index contributed by atoms with van der Waals surface area (Å²) in [6.45, 7) is 1.73. The van der Waals surface area contributed by atoms with E-state index in [1.54, 1.807) is 21.0 Å². The first kappa shape index (κ1) is 20.2. The fourth-order valence-electron chi connectivity index (χ4n) is 3.08. The monoisotopic (exact) mass is 396 g/mol.